The van der Waals surface area contributed by atoms with Crippen LogP contribution in [0.15, 0.2) is 29.9 Å². The van der Waals surface area contributed by atoms with Crippen molar-refractivity contribution in [2.75, 3.05) is 20.1 Å². The SMILES string of the molecule is CN(CCNCc1cccs1)Cc1nccn1C. The molecule has 0 spiro atoms. The van der Waals surface area contributed by atoms with E-state index in [1.54, 1.807) is 11.3 Å². The maximum atomic E-state index is 4.33. The van der Waals surface area contributed by atoms with E-state index in [9.17, 15) is 0 Å². The van der Waals surface area contributed by atoms with E-state index >= 15 is 0 Å². The Hall–Kier alpha value is -1.17. The average molecular weight is 264 g/mol. The third-order valence-corrected chi connectivity index (χ3v) is 3.76. The van der Waals surface area contributed by atoms with Crippen LogP contribution in [-0.2, 0) is 20.1 Å². The molecule has 2 aromatic heterocycles. The van der Waals surface area contributed by atoms with Gasteiger partial charge in [0.05, 0.1) is 6.54 Å². The van der Waals surface area contributed by atoms with Crippen molar-refractivity contribution in [2.24, 2.45) is 7.05 Å². The molecule has 0 aliphatic rings. The lowest BCUT2D eigenvalue weighted by Crippen LogP contribution is -2.29. The Morgan fingerprint density at radius 1 is 1.50 bits per heavy atom. The van der Waals surface area contributed by atoms with Crippen LogP contribution >= 0.6 is 11.3 Å². The quantitative estimate of drug-likeness (QED) is 0.773. The standard InChI is InChI=1S/C13H20N4S/c1-16(11-13-15-6-8-17(13)2)7-5-14-10-12-4-3-9-18-12/h3-4,6,8-9,14H,5,7,10-11H2,1-2H3. The molecule has 1 N–H and O–H groups in total. The predicted molar refractivity (Wildman–Crippen MR) is 75.6 cm³/mol. The Kier molecular flexibility index (Phi) is 4.92. The van der Waals surface area contributed by atoms with Crippen LogP contribution < -0.4 is 5.32 Å². The molecular weight excluding hydrogens is 244 g/mol. The number of thiophene rings is 1. The van der Waals surface area contributed by atoms with Crippen LogP contribution in [0.25, 0.3) is 0 Å². The van der Waals surface area contributed by atoms with Gasteiger partial charge in [0.15, 0.2) is 0 Å². The second-order valence-electron chi connectivity index (χ2n) is 4.45. The van der Waals surface area contributed by atoms with Crippen LogP contribution in [0.4, 0.5) is 0 Å². The summed E-state index contributed by atoms with van der Waals surface area (Å²) >= 11 is 1.80. The molecule has 0 saturated heterocycles. The van der Waals surface area contributed by atoms with E-state index in [4.69, 9.17) is 0 Å². The molecule has 0 unspecified atom stereocenters. The van der Waals surface area contributed by atoms with Gasteiger partial charge >= 0.3 is 0 Å². The lowest BCUT2D eigenvalue weighted by Gasteiger charge is -2.16. The second kappa shape index (κ2) is 6.68. The number of aromatic nitrogens is 2. The number of aryl methyl sites for hydroxylation is 1. The Morgan fingerprint density at radius 3 is 3.06 bits per heavy atom. The van der Waals surface area contributed by atoms with E-state index < -0.39 is 0 Å². The van der Waals surface area contributed by atoms with Gasteiger partial charge in [-0.05, 0) is 18.5 Å². The molecule has 2 rings (SSSR count). The Morgan fingerprint density at radius 2 is 2.39 bits per heavy atom. The molecule has 98 valence electrons. The summed E-state index contributed by atoms with van der Waals surface area (Å²) in [5, 5.41) is 5.57. The zero-order valence-electron chi connectivity index (χ0n) is 11.0. The average Bonchev–Trinajstić information content (AvgIpc) is 2.98. The van der Waals surface area contributed by atoms with Crippen molar-refractivity contribution in [1.82, 2.24) is 19.8 Å². The van der Waals surface area contributed by atoms with Crippen molar-refractivity contribution in [3.63, 3.8) is 0 Å². The van der Waals surface area contributed by atoms with Gasteiger partial charge in [-0.25, -0.2) is 4.98 Å². The van der Waals surface area contributed by atoms with Gasteiger partial charge in [-0.15, -0.1) is 11.3 Å². The number of rotatable bonds is 7. The van der Waals surface area contributed by atoms with Crippen molar-refractivity contribution >= 4 is 11.3 Å². The molecule has 0 atom stereocenters. The number of likely N-dealkylation sites (N-methyl/N-ethyl adjacent to an activating group) is 1. The van der Waals surface area contributed by atoms with E-state index in [-0.39, 0.29) is 0 Å². The Labute approximate surface area is 112 Å². The summed E-state index contributed by atoms with van der Waals surface area (Å²) in [4.78, 5) is 8.00. The summed E-state index contributed by atoms with van der Waals surface area (Å²) in [7, 11) is 4.16. The number of nitrogens with zero attached hydrogens (tertiary/aromatic N) is 3. The van der Waals surface area contributed by atoms with Gasteiger partial charge in [-0.3, -0.25) is 4.90 Å². The molecule has 0 radical (unpaired) electrons. The normalized spacial score (nSPS) is 11.3. The molecule has 5 heteroatoms. The fourth-order valence-corrected chi connectivity index (χ4v) is 2.44. The highest BCUT2D eigenvalue weighted by molar-refractivity contribution is 7.09. The fourth-order valence-electron chi connectivity index (χ4n) is 1.76. The highest BCUT2D eigenvalue weighted by atomic mass is 32.1. The molecule has 2 heterocycles. The summed E-state index contributed by atoms with van der Waals surface area (Å²) in [6.07, 6.45) is 3.83. The van der Waals surface area contributed by atoms with E-state index in [0.29, 0.717) is 0 Å². The molecule has 18 heavy (non-hydrogen) atoms. The molecule has 0 saturated carbocycles. The Bertz CT molecular complexity index is 449. The van der Waals surface area contributed by atoms with Crippen LogP contribution in [0.5, 0.6) is 0 Å². The predicted octanol–water partition coefficient (Wildman–Crippen LogP) is 1.70. The molecule has 0 bridgehead atoms. The monoisotopic (exact) mass is 264 g/mol. The Balaban J connectivity index is 1.63. The smallest absolute Gasteiger partial charge is 0.122 e. The molecule has 0 aliphatic carbocycles. The first-order chi connectivity index (χ1) is 8.75. The van der Waals surface area contributed by atoms with E-state index in [2.05, 4.69) is 44.3 Å². The fraction of sp³-hybridized carbons (Fsp3) is 0.462. The lowest BCUT2D eigenvalue weighted by molar-refractivity contribution is 0.313. The van der Waals surface area contributed by atoms with E-state index in [1.165, 1.54) is 4.88 Å². The molecule has 0 fully saturated rings. The highest BCUT2D eigenvalue weighted by Crippen LogP contribution is 2.07. The van der Waals surface area contributed by atoms with Crippen LogP contribution in [-0.4, -0.2) is 34.6 Å². The molecule has 2 aromatic rings. The van der Waals surface area contributed by atoms with Gasteiger partial charge in [0, 0.05) is 44.0 Å². The van der Waals surface area contributed by atoms with Gasteiger partial charge in [-0.1, -0.05) is 6.07 Å². The van der Waals surface area contributed by atoms with Crippen molar-refractivity contribution < 1.29 is 0 Å². The largest absolute Gasteiger partial charge is 0.337 e. The number of hydrogen-bond donors (Lipinski definition) is 1. The van der Waals surface area contributed by atoms with Crippen LogP contribution in [0, 0.1) is 0 Å². The third kappa shape index (κ3) is 3.94. The molecular formula is C13H20N4S. The summed E-state index contributed by atoms with van der Waals surface area (Å²) in [5.74, 6) is 1.11. The van der Waals surface area contributed by atoms with Gasteiger partial charge in [0.2, 0.25) is 0 Å². The van der Waals surface area contributed by atoms with Gasteiger partial charge in [0.1, 0.15) is 5.82 Å². The van der Waals surface area contributed by atoms with Crippen LogP contribution in [0.1, 0.15) is 10.7 Å². The number of imidazole rings is 1. The molecule has 0 amide bonds. The van der Waals surface area contributed by atoms with Crippen molar-refractivity contribution in [3.05, 3.63) is 40.6 Å². The summed E-state index contributed by atoms with van der Waals surface area (Å²) in [6, 6.07) is 4.25. The van der Waals surface area contributed by atoms with E-state index in [0.717, 1.165) is 32.0 Å². The third-order valence-electron chi connectivity index (χ3n) is 2.88. The zero-order chi connectivity index (χ0) is 12.8. The first-order valence-corrected chi connectivity index (χ1v) is 7.01. The molecule has 0 aromatic carbocycles. The highest BCUT2D eigenvalue weighted by Gasteiger charge is 2.03. The van der Waals surface area contributed by atoms with Crippen molar-refractivity contribution in [3.8, 4) is 0 Å². The first-order valence-electron chi connectivity index (χ1n) is 6.13. The summed E-state index contributed by atoms with van der Waals surface area (Å²) < 4.78 is 2.07. The maximum absolute atomic E-state index is 4.33. The van der Waals surface area contributed by atoms with Crippen LogP contribution in [0.2, 0.25) is 0 Å². The minimum absolute atomic E-state index is 0.893. The lowest BCUT2D eigenvalue weighted by atomic mass is 10.4. The van der Waals surface area contributed by atoms with Crippen molar-refractivity contribution in [1.29, 1.82) is 0 Å². The zero-order valence-corrected chi connectivity index (χ0v) is 11.8. The summed E-state index contributed by atoms with van der Waals surface area (Å²) in [5.41, 5.74) is 0. The van der Waals surface area contributed by atoms with Gasteiger partial charge in [-0.2, -0.15) is 0 Å². The van der Waals surface area contributed by atoms with E-state index in [1.807, 2.05) is 19.4 Å². The second-order valence-corrected chi connectivity index (χ2v) is 5.48. The minimum Gasteiger partial charge on any atom is -0.337 e. The summed E-state index contributed by atoms with van der Waals surface area (Å²) in [6.45, 7) is 3.88. The number of nitrogens with one attached hydrogen (secondary N) is 1. The molecule has 0 aliphatic heterocycles. The molecule has 4 nitrogen and oxygen atoms in total. The maximum Gasteiger partial charge on any atom is 0.122 e. The minimum atomic E-state index is 0.893. The van der Waals surface area contributed by atoms with Crippen molar-refractivity contribution in [2.45, 2.75) is 13.1 Å². The number of hydrogen-bond acceptors (Lipinski definition) is 4. The van der Waals surface area contributed by atoms with Crippen LogP contribution in [0.3, 0.4) is 0 Å². The first kappa shape index (κ1) is 13.3. The topological polar surface area (TPSA) is 33.1 Å². The van der Waals surface area contributed by atoms with Gasteiger partial charge in [0.25, 0.3) is 0 Å². The van der Waals surface area contributed by atoms with Gasteiger partial charge < -0.3 is 9.88 Å².